The number of amides is 2. The lowest BCUT2D eigenvalue weighted by Gasteiger charge is -2.37. The van der Waals surface area contributed by atoms with Crippen LogP contribution in [0.25, 0.3) is 11.3 Å². The van der Waals surface area contributed by atoms with Gasteiger partial charge in [-0.15, -0.1) is 21.5 Å². The lowest BCUT2D eigenvalue weighted by Crippen LogP contribution is -2.53. The van der Waals surface area contributed by atoms with Gasteiger partial charge in [-0.3, -0.25) is 9.59 Å². The van der Waals surface area contributed by atoms with Gasteiger partial charge in [0.2, 0.25) is 5.91 Å². The van der Waals surface area contributed by atoms with E-state index in [9.17, 15) is 9.59 Å². The third kappa shape index (κ3) is 6.02. The average molecular weight is 524 g/mol. The van der Waals surface area contributed by atoms with Crippen LogP contribution in [-0.2, 0) is 4.79 Å². The van der Waals surface area contributed by atoms with E-state index >= 15 is 0 Å². The van der Waals surface area contributed by atoms with Gasteiger partial charge in [0.1, 0.15) is 18.0 Å². The normalized spacial score (nSPS) is 14.3. The number of rotatable bonds is 9. The van der Waals surface area contributed by atoms with Crippen molar-refractivity contribution in [2.24, 2.45) is 0 Å². The predicted molar refractivity (Wildman–Crippen MR) is 144 cm³/mol. The van der Waals surface area contributed by atoms with Crippen LogP contribution in [0.1, 0.15) is 29.9 Å². The van der Waals surface area contributed by atoms with Gasteiger partial charge in [-0.1, -0.05) is 13.0 Å². The summed E-state index contributed by atoms with van der Waals surface area (Å²) >= 11 is 1.40. The topological polar surface area (TPSA) is 88.1 Å². The fourth-order valence-corrected chi connectivity index (χ4v) is 4.95. The second kappa shape index (κ2) is 12.1. The van der Waals surface area contributed by atoms with Crippen LogP contribution in [0.5, 0.6) is 11.5 Å². The molecule has 9 nitrogen and oxygen atoms in total. The van der Waals surface area contributed by atoms with Gasteiger partial charge in [0, 0.05) is 43.9 Å². The number of nitrogens with zero attached hydrogens (tertiary/aromatic N) is 5. The average Bonchev–Trinajstić information content (AvgIpc) is 3.50. The van der Waals surface area contributed by atoms with Crippen molar-refractivity contribution < 1.29 is 19.1 Å². The number of benzene rings is 1. The maximum absolute atomic E-state index is 13.1. The summed E-state index contributed by atoms with van der Waals surface area (Å²) < 4.78 is 10.8. The number of hydrogen-bond donors (Lipinski definition) is 0. The predicted octanol–water partition coefficient (Wildman–Crippen LogP) is 3.81. The highest BCUT2D eigenvalue weighted by Crippen LogP contribution is 2.32. The largest absolute Gasteiger partial charge is 0.497 e. The van der Waals surface area contributed by atoms with Crippen LogP contribution >= 0.6 is 11.3 Å². The Morgan fingerprint density at radius 3 is 2.43 bits per heavy atom. The minimum atomic E-state index is -0.0832. The summed E-state index contributed by atoms with van der Waals surface area (Å²) in [6.45, 7) is 6.53. The van der Waals surface area contributed by atoms with Crippen LogP contribution in [0.2, 0.25) is 0 Å². The molecule has 2 aromatic heterocycles. The molecule has 3 heterocycles. The Labute approximate surface area is 221 Å². The number of carbonyl (C=O) groups excluding carboxylic acids is 2. The van der Waals surface area contributed by atoms with Crippen LogP contribution in [0.3, 0.4) is 0 Å². The molecule has 1 aliphatic rings. The second-order valence-corrected chi connectivity index (χ2v) is 9.83. The van der Waals surface area contributed by atoms with Crippen molar-refractivity contribution in [2.45, 2.75) is 26.3 Å². The summed E-state index contributed by atoms with van der Waals surface area (Å²) in [5, 5.41) is 10.7. The highest BCUT2D eigenvalue weighted by Gasteiger charge is 2.28. The Morgan fingerprint density at radius 1 is 1.05 bits per heavy atom. The summed E-state index contributed by atoms with van der Waals surface area (Å²) in [7, 11) is 3.23. The van der Waals surface area contributed by atoms with Crippen molar-refractivity contribution in [3.8, 4) is 22.8 Å². The first-order chi connectivity index (χ1) is 17.9. The molecule has 0 aliphatic carbocycles. The minimum absolute atomic E-state index is 0.0158. The maximum atomic E-state index is 13.1. The third-order valence-electron chi connectivity index (χ3n) is 6.71. The first kappa shape index (κ1) is 26.4. The van der Waals surface area contributed by atoms with Crippen LogP contribution in [0.4, 0.5) is 5.82 Å². The van der Waals surface area contributed by atoms with Gasteiger partial charge in [-0.05, 0) is 49.1 Å². The molecule has 10 heteroatoms. The smallest absolute Gasteiger partial charge is 0.264 e. The van der Waals surface area contributed by atoms with Gasteiger partial charge in [-0.25, -0.2) is 0 Å². The third-order valence-corrected chi connectivity index (χ3v) is 7.57. The molecule has 1 fully saturated rings. The molecule has 1 aromatic carbocycles. The van der Waals surface area contributed by atoms with Crippen LogP contribution < -0.4 is 14.4 Å². The molecule has 0 radical (unpaired) electrons. The number of ether oxygens (including phenoxy) is 2. The fourth-order valence-electron chi connectivity index (χ4n) is 4.27. The highest BCUT2D eigenvalue weighted by molar-refractivity contribution is 7.12. The Balaban J connectivity index is 1.37. The van der Waals surface area contributed by atoms with Crippen molar-refractivity contribution in [1.29, 1.82) is 0 Å². The summed E-state index contributed by atoms with van der Waals surface area (Å²) in [5.41, 5.74) is 1.54. The first-order valence-electron chi connectivity index (χ1n) is 12.4. The van der Waals surface area contributed by atoms with E-state index in [1.807, 2.05) is 66.6 Å². The number of hydrogen-bond acceptors (Lipinski definition) is 8. The summed E-state index contributed by atoms with van der Waals surface area (Å²) in [6, 6.07) is 13.1. The van der Waals surface area contributed by atoms with Crippen LogP contribution in [0.15, 0.2) is 47.8 Å². The van der Waals surface area contributed by atoms with E-state index < -0.39 is 0 Å². The summed E-state index contributed by atoms with van der Waals surface area (Å²) in [6.07, 6.45) is 0.787. The van der Waals surface area contributed by atoms with Gasteiger partial charge in [0.15, 0.2) is 5.82 Å². The van der Waals surface area contributed by atoms with Crippen LogP contribution in [-0.4, -0.2) is 84.8 Å². The molecule has 1 aliphatic heterocycles. The van der Waals surface area contributed by atoms with E-state index in [-0.39, 0.29) is 24.4 Å². The van der Waals surface area contributed by atoms with E-state index in [1.54, 1.807) is 19.1 Å². The highest BCUT2D eigenvalue weighted by atomic mass is 32.1. The Kier molecular flexibility index (Phi) is 8.60. The van der Waals surface area contributed by atoms with Crippen molar-refractivity contribution >= 4 is 29.0 Å². The van der Waals surface area contributed by atoms with Crippen molar-refractivity contribution in [1.82, 2.24) is 20.0 Å². The monoisotopic (exact) mass is 523 g/mol. The zero-order chi connectivity index (χ0) is 26.4. The zero-order valence-electron chi connectivity index (χ0n) is 21.7. The molecule has 0 saturated carbocycles. The molecule has 0 bridgehead atoms. The molecule has 3 aromatic rings. The summed E-state index contributed by atoms with van der Waals surface area (Å²) in [4.78, 5) is 32.4. The lowest BCUT2D eigenvalue weighted by atomic mass is 10.1. The van der Waals surface area contributed by atoms with Crippen molar-refractivity contribution in [3.63, 3.8) is 0 Å². The molecule has 0 N–H and O–H groups in total. The Hall–Kier alpha value is -3.66. The Bertz CT molecular complexity index is 1190. The molecule has 0 spiro atoms. The lowest BCUT2D eigenvalue weighted by molar-refractivity contribution is -0.132. The molecule has 1 unspecified atom stereocenters. The molecular weight excluding hydrogens is 490 g/mol. The minimum Gasteiger partial charge on any atom is -0.497 e. The van der Waals surface area contributed by atoms with Gasteiger partial charge in [0.25, 0.3) is 5.91 Å². The quantitative estimate of drug-likeness (QED) is 0.421. The molecule has 196 valence electrons. The van der Waals surface area contributed by atoms with Crippen LogP contribution in [0, 0.1) is 0 Å². The number of piperazine rings is 1. The van der Waals surface area contributed by atoms with Crippen molar-refractivity contribution in [3.05, 3.63) is 52.7 Å². The molecule has 4 rings (SSSR count). The van der Waals surface area contributed by atoms with E-state index in [1.165, 1.54) is 11.3 Å². The number of carbonyl (C=O) groups is 2. The van der Waals surface area contributed by atoms with E-state index in [0.717, 1.165) is 17.8 Å². The fraction of sp³-hybridized carbons (Fsp3) is 0.407. The number of methoxy groups -OCH3 is 2. The summed E-state index contributed by atoms with van der Waals surface area (Å²) in [5.74, 6) is 2.02. The number of anilines is 1. The zero-order valence-corrected chi connectivity index (χ0v) is 22.5. The van der Waals surface area contributed by atoms with Gasteiger partial charge >= 0.3 is 0 Å². The van der Waals surface area contributed by atoms with Crippen molar-refractivity contribution in [2.75, 3.05) is 51.8 Å². The van der Waals surface area contributed by atoms with E-state index in [4.69, 9.17) is 9.47 Å². The standard InChI is InChI=1S/C27H33N5O4S/c1-5-19(2)32(27(34)24-7-6-16-37-24)18-26(33)31-14-12-30(13-15-31)25-11-10-22(28-29-25)21-9-8-20(35-3)17-23(21)36-4/h6-11,16-17,19H,5,12-15,18H2,1-4H3. The molecular formula is C27H33N5O4S. The number of thiophene rings is 1. The SMILES string of the molecule is CCC(C)N(CC(=O)N1CCN(c2ccc(-c3ccc(OC)cc3OC)nn2)CC1)C(=O)c1cccs1. The molecule has 1 atom stereocenters. The van der Waals surface area contributed by atoms with E-state index in [2.05, 4.69) is 15.1 Å². The molecule has 2 amide bonds. The number of aromatic nitrogens is 2. The maximum Gasteiger partial charge on any atom is 0.264 e. The molecule has 37 heavy (non-hydrogen) atoms. The Morgan fingerprint density at radius 2 is 1.84 bits per heavy atom. The molecule has 1 saturated heterocycles. The first-order valence-corrected chi connectivity index (χ1v) is 13.3. The van der Waals surface area contributed by atoms with Gasteiger partial charge in [-0.2, -0.15) is 0 Å². The van der Waals surface area contributed by atoms with Gasteiger partial charge in [0.05, 0.1) is 24.8 Å². The van der Waals surface area contributed by atoms with Gasteiger partial charge < -0.3 is 24.2 Å². The van der Waals surface area contributed by atoms with E-state index in [0.29, 0.717) is 48.2 Å². The second-order valence-electron chi connectivity index (χ2n) is 8.88.